The van der Waals surface area contributed by atoms with E-state index < -0.39 is 0 Å². The summed E-state index contributed by atoms with van der Waals surface area (Å²) in [5, 5.41) is 4.32. The molecule has 1 aliphatic heterocycles. The summed E-state index contributed by atoms with van der Waals surface area (Å²) < 4.78 is 2.39. The second-order valence-corrected chi connectivity index (χ2v) is 8.89. The molecular formula is C27H27N5S. The summed E-state index contributed by atoms with van der Waals surface area (Å²) in [7, 11) is 0. The number of nitrogens with one attached hydrogen (secondary N) is 1. The van der Waals surface area contributed by atoms with Gasteiger partial charge < -0.3 is 14.8 Å². The Balaban J connectivity index is 1.56. The summed E-state index contributed by atoms with van der Waals surface area (Å²) in [6, 6.07) is 23.1. The summed E-state index contributed by atoms with van der Waals surface area (Å²) in [4.78, 5) is 11.1. The highest BCUT2D eigenvalue weighted by molar-refractivity contribution is 7.80. The van der Waals surface area contributed by atoms with Gasteiger partial charge in [-0.2, -0.15) is 0 Å². The Bertz CT molecular complexity index is 1240. The van der Waals surface area contributed by atoms with Gasteiger partial charge >= 0.3 is 0 Å². The molecule has 4 heterocycles. The van der Waals surface area contributed by atoms with Gasteiger partial charge in [-0.25, -0.2) is 0 Å². The lowest BCUT2D eigenvalue weighted by molar-refractivity contribution is 0.309. The lowest BCUT2D eigenvalue weighted by Crippen LogP contribution is -2.29. The summed E-state index contributed by atoms with van der Waals surface area (Å²) in [6.45, 7) is 5.96. The molecule has 0 unspecified atom stereocenters. The van der Waals surface area contributed by atoms with E-state index in [1.807, 2.05) is 42.9 Å². The number of aryl methyl sites for hydroxylation is 1. The number of rotatable bonds is 6. The van der Waals surface area contributed by atoms with Gasteiger partial charge in [0.25, 0.3) is 0 Å². The van der Waals surface area contributed by atoms with E-state index in [0.29, 0.717) is 6.54 Å². The van der Waals surface area contributed by atoms with Gasteiger partial charge in [0.05, 0.1) is 17.8 Å². The number of aromatic nitrogens is 3. The summed E-state index contributed by atoms with van der Waals surface area (Å²) in [5.74, 6) is 0. The number of benzene rings is 1. The third kappa shape index (κ3) is 4.26. The molecule has 0 aliphatic carbocycles. The topological polar surface area (TPSA) is 46.0 Å². The van der Waals surface area contributed by atoms with Crippen molar-refractivity contribution in [2.45, 2.75) is 39.0 Å². The van der Waals surface area contributed by atoms with Gasteiger partial charge in [-0.1, -0.05) is 36.4 Å². The molecule has 5 rings (SSSR count). The standard InChI is InChI=1S/C27H27N5S/c1-19-16-23(20(2)31(19)17-21-8-4-3-5-9-21)26-25(24-10-6-7-13-29-24)30-27(33)32(26)18-22-11-14-28-15-12-22/h3-16,25-26H,17-18H2,1-2H3,(H,30,33)/t25-,26+/m1/s1. The second kappa shape index (κ2) is 9.16. The van der Waals surface area contributed by atoms with Crippen molar-refractivity contribution in [3.8, 4) is 0 Å². The maximum Gasteiger partial charge on any atom is 0.170 e. The maximum absolute atomic E-state index is 5.85. The van der Waals surface area contributed by atoms with Crippen molar-refractivity contribution >= 4 is 17.3 Å². The molecule has 0 saturated carbocycles. The van der Waals surface area contributed by atoms with Crippen LogP contribution in [0.2, 0.25) is 0 Å². The molecule has 1 fully saturated rings. The molecular weight excluding hydrogens is 426 g/mol. The molecule has 0 bridgehead atoms. The Morgan fingerprint density at radius 3 is 2.33 bits per heavy atom. The SMILES string of the molecule is Cc1cc([C@H]2[C@@H](c3ccccn3)NC(=S)N2Cc2ccncc2)c(C)n1Cc1ccccc1. The molecule has 0 amide bonds. The van der Waals surface area contributed by atoms with Crippen molar-refractivity contribution in [2.75, 3.05) is 0 Å². The minimum absolute atomic E-state index is 0.0220. The first-order valence-electron chi connectivity index (χ1n) is 11.2. The number of hydrogen-bond donors (Lipinski definition) is 1. The van der Waals surface area contributed by atoms with Gasteiger partial charge in [0, 0.05) is 43.1 Å². The molecule has 1 saturated heterocycles. The molecule has 1 N–H and O–H groups in total. The molecule has 2 atom stereocenters. The van der Waals surface area contributed by atoms with Crippen LogP contribution < -0.4 is 5.32 Å². The Morgan fingerprint density at radius 1 is 0.879 bits per heavy atom. The molecule has 1 aromatic carbocycles. The normalized spacial score (nSPS) is 17.9. The molecule has 6 heteroatoms. The van der Waals surface area contributed by atoms with Crippen molar-refractivity contribution in [2.24, 2.45) is 0 Å². The molecule has 0 spiro atoms. The number of hydrogen-bond acceptors (Lipinski definition) is 3. The predicted molar refractivity (Wildman–Crippen MR) is 135 cm³/mol. The van der Waals surface area contributed by atoms with Crippen molar-refractivity contribution in [1.82, 2.24) is 24.8 Å². The van der Waals surface area contributed by atoms with Gasteiger partial charge in [-0.15, -0.1) is 0 Å². The van der Waals surface area contributed by atoms with Crippen molar-refractivity contribution in [3.63, 3.8) is 0 Å². The molecule has 3 aromatic heterocycles. The fourth-order valence-corrected chi connectivity index (χ4v) is 5.04. The average molecular weight is 454 g/mol. The van der Waals surface area contributed by atoms with E-state index in [0.717, 1.165) is 17.4 Å². The van der Waals surface area contributed by atoms with E-state index in [9.17, 15) is 0 Å². The average Bonchev–Trinajstić information content (AvgIpc) is 3.31. The van der Waals surface area contributed by atoms with Crippen molar-refractivity contribution in [1.29, 1.82) is 0 Å². The van der Waals surface area contributed by atoms with Crippen LogP contribution >= 0.6 is 12.2 Å². The van der Waals surface area contributed by atoms with E-state index >= 15 is 0 Å². The third-order valence-corrected chi connectivity index (χ3v) is 6.77. The van der Waals surface area contributed by atoms with E-state index in [1.165, 1.54) is 28.1 Å². The molecule has 4 aromatic rings. The van der Waals surface area contributed by atoms with Gasteiger partial charge in [0.1, 0.15) is 0 Å². The van der Waals surface area contributed by atoms with Crippen molar-refractivity contribution < 1.29 is 0 Å². The molecule has 33 heavy (non-hydrogen) atoms. The monoisotopic (exact) mass is 453 g/mol. The van der Waals surface area contributed by atoms with Crippen LogP contribution in [0.5, 0.6) is 0 Å². The highest BCUT2D eigenvalue weighted by Crippen LogP contribution is 2.41. The van der Waals surface area contributed by atoms with Gasteiger partial charge in [-0.05, 0) is 73.1 Å². The lowest BCUT2D eigenvalue weighted by Gasteiger charge is -2.28. The van der Waals surface area contributed by atoms with Crippen LogP contribution in [0.1, 0.15) is 45.9 Å². The number of thiocarbonyl (C=S) groups is 1. The van der Waals surface area contributed by atoms with E-state index in [4.69, 9.17) is 12.2 Å². The van der Waals surface area contributed by atoms with Gasteiger partial charge in [0.15, 0.2) is 5.11 Å². The Kier molecular flexibility index (Phi) is 5.92. The fourth-order valence-electron chi connectivity index (χ4n) is 4.74. The van der Waals surface area contributed by atoms with E-state index in [2.05, 4.69) is 81.1 Å². The summed E-state index contributed by atoms with van der Waals surface area (Å²) in [6.07, 6.45) is 5.51. The molecule has 0 radical (unpaired) electrons. The Morgan fingerprint density at radius 2 is 1.61 bits per heavy atom. The zero-order chi connectivity index (χ0) is 22.8. The first-order chi connectivity index (χ1) is 16.1. The highest BCUT2D eigenvalue weighted by atomic mass is 32.1. The first-order valence-corrected chi connectivity index (χ1v) is 11.6. The van der Waals surface area contributed by atoms with Gasteiger partial charge in [-0.3, -0.25) is 9.97 Å². The first kappa shape index (κ1) is 21.3. The van der Waals surface area contributed by atoms with Crippen LogP contribution in [0.3, 0.4) is 0 Å². The maximum atomic E-state index is 5.85. The van der Waals surface area contributed by atoms with Crippen LogP contribution in [0.15, 0.2) is 85.3 Å². The largest absolute Gasteiger partial charge is 0.352 e. The van der Waals surface area contributed by atoms with Crippen molar-refractivity contribution in [3.05, 3.63) is 119 Å². The smallest absolute Gasteiger partial charge is 0.170 e. The predicted octanol–water partition coefficient (Wildman–Crippen LogP) is 5.12. The number of nitrogens with zero attached hydrogens (tertiary/aromatic N) is 4. The minimum Gasteiger partial charge on any atom is -0.352 e. The van der Waals surface area contributed by atoms with Gasteiger partial charge in [0.2, 0.25) is 0 Å². The molecule has 1 aliphatic rings. The summed E-state index contributed by atoms with van der Waals surface area (Å²) >= 11 is 5.85. The minimum atomic E-state index is -0.0220. The number of pyridine rings is 2. The van der Waals surface area contributed by atoms with Crippen LogP contribution in [0, 0.1) is 13.8 Å². The van der Waals surface area contributed by atoms with Crippen LogP contribution in [-0.2, 0) is 13.1 Å². The Labute approximate surface area is 200 Å². The van der Waals surface area contributed by atoms with E-state index in [-0.39, 0.29) is 12.1 Å². The second-order valence-electron chi connectivity index (χ2n) is 8.51. The molecule has 5 nitrogen and oxygen atoms in total. The summed E-state index contributed by atoms with van der Waals surface area (Å²) in [5.41, 5.74) is 7.25. The zero-order valence-corrected chi connectivity index (χ0v) is 19.7. The molecule has 166 valence electrons. The third-order valence-electron chi connectivity index (χ3n) is 6.41. The fraction of sp³-hybridized carbons (Fsp3) is 0.222. The zero-order valence-electron chi connectivity index (χ0n) is 18.8. The van der Waals surface area contributed by atoms with Crippen LogP contribution in [0.4, 0.5) is 0 Å². The van der Waals surface area contributed by atoms with E-state index in [1.54, 1.807) is 0 Å². The quantitative estimate of drug-likeness (QED) is 0.411. The lowest BCUT2D eigenvalue weighted by atomic mass is 9.96. The highest BCUT2D eigenvalue weighted by Gasteiger charge is 2.41. The Hall–Kier alpha value is -3.51. The van der Waals surface area contributed by atoms with Crippen LogP contribution in [0.25, 0.3) is 0 Å². The van der Waals surface area contributed by atoms with Crippen LogP contribution in [-0.4, -0.2) is 24.5 Å².